The predicted molar refractivity (Wildman–Crippen MR) is 138 cm³/mol. The van der Waals surface area contributed by atoms with Gasteiger partial charge in [-0.15, -0.1) is 0 Å². The molecule has 9 nitrogen and oxygen atoms in total. The van der Waals surface area contributed by atoms with Crippen molar-refractivity contribution in [2.24, 2.45) is 5.92 Å². The SMILES string of the molecule is CCC(CN1CCOCC1)NC(=O)C1CCN(S(=O)(=O)c2c(C)noc2/C=C/c2ccccc2F)CC1. The molecule has 0 bridgehead atoms. The highest BCUT2D eigenvalue weighted by Gasteiger charge is 2.36. The molecule has 11 heteroatoms. The van der Waals surface area contributed by atoms with Crippen LogP contribution >= 0.6 is 0 Å². The van der Waals surface area contributed by atoms with Crippen LogP contribution in [-0.2, 0) is 19.6 Å². The van der Waals surface area contributed by atoms with E-state index in [2.05, 4.69) is 22.3 Å². The third-order valence-corrected chi connectivity index (χ3v) is 9.05. The summed E-state index contributed by atoms with van der Waals surface area (Å²) in [4.78, 5) is 15.2. The van der Waals surface area contributed by atoms with E-state index >= 15 is 0 Å². The van der Waals surface area contributed by atoms with Gasteiger partial charge in [-0.2, -0.15) is 4.31 Å². The van der Waals surface area contributed by atoms with Gasteiger partial charge in [-0.1, -0.05) is 30.3 Å². The topological polar surface area (TPSA) is 105 Å². The molecule has 2 aliphatic heterocycles. The molecule has 1 amide bonds. The molecular formula is C26H35FN4O5S. The first-order chi connectivity index (χ1) is 17.8. The normalized spacial score (nSPS) is 19.3. The second kappa shape index (κ2) is 12.3. The first-order valence-electron chi connectivity index (χ1n) is 12.8. The fourth-order valence-corrected chi connectivity index (χ4v) is 6.47. The minimum atomic E-state index is -3.91. The lowest BCUT2D eigenvalue weighted by molar-refractivity contribution is -0.127. The predicted octanol–water partition coefficient (Wildman–Crippen LogP) is 2.92. The number of amides is 1. The van der Waals surface area contributed by atoms with Gasteiger partial charge in [0, 0.05) is 50.2 Å². The molecule has 1 N–H and O–H groups in total. The number of ether oxygens (including phenoxy) is 1. The van der Waals surface area contributed by atoms with Crippen LogP contribution in [0.25, 0.3) is 12.2 Å². The van der Waals surface area contributed by atoms with E-state index in [9.17, 15) is 17.6 Å². The lowest BCUT2D eigenvalue weighted by Crippen LogP contribution is -2.50. The van der Waals surface area contributed by atoms with Crippen molar-refractivity contribution in [2.75, 3.05) is 45.9 Å². The van der Waals surface area contributed by atoms with Crippen molar-refractivity contribution >= 4 is 28.1 Å². The van der Waals surface area contributed by atoms with E-state index in [-0.39, 0.29) is 47.3 Å². The molecule has 202 valence electrons. The van der Waals surface area contributed by atoms with Crippen molar-refractivity contribution < 1.29 is 26.9 Å². The van der Waals surface area contributed by atoms with Gasteiger partial charge in [0.2, 0.25) is 15.9 Å². The summed E-state index contributed by atoms with van der Waals surface area (Å²) in [7, 11) is -3.91. The van der Waals surface area contributed by atoms with Gasteiger partial charge in [-0.3, -0.25) is 9.69 Å². The van der Waals surface area contributed by atoms with Crippen molar-refractivity contribution in [2.45, 2.75) is 44.0 Å². The van der Waals surface area contributed by atoms with Gasteiger partial charge in [-0.25, -0.2) is 12.8 Å². The standard InChI is InChI=1S/C26H35FN4O5S/c1-3-22(18-30-14-16-35-17-15-30)28-26(32)21-10-12-31(13-11-21)37(33,34)25-19(2)29-36-24(25)9-8-20-6-4-5-7-23(20)27/h4-9,21-22H,3,10-18H2,1-2H3,(H,28,32)/b9-8+. The minimum absolute atomic E-state index is 0.0215. The number of morpholine rings is 1. The van der Waals surface area contributed by atoms with Crippen LogP contribution in [0.15, 0.2) is 33.7 Å². The molecule has 2 aliphatic rings. The smallest absolute Gasteiger partial charge is 0.248 e. The molecule has 2 saturated heterocycles. The van der Waals surface area contributed by atoms with E-state index in [1.165, 1.54) is 22.5 Å². The molecule has 0 radical (unpaired) electrons. The van der Waals surface area contributed by atoms with Crippen molar-refractivity contribution in [3.05, 3.63) is 47.1 Å². The molecule has 2 aromatic rings. The zero-order chi connectivity index (χ0) is 26.4. The van der Waals surface area contributed by atoms with Crippen molar-refractivity contribution in [1.29, 1.82) is 0 Å². The summed E-state index contributed by atoms with van der Waals surface area (Å²) in [5, 5.41) is 7.01. The Bertz CT molecular complexity index is 1200. The van der Waals surface area contributed by atoms with Crippen LogP contribution in [-0.4, -0.2) is 80.7 Å². The average Bonchev–Trinajstić information content (AvgIpc) is 3.29. The molecule has 2 fully saturated rings. The fourth-order valence-electron chi connectivity index (χ4n) is 4.75. The van der Waals surface area contributed by atoms with E-state index in [4.69, 9.17) is 9.26 Å². The summed E-state index contributed by atoms with van der Waals surface area (Å²) in [6.45, 7) is 8.01. The van der Waals surface area contributed by atoms with Crippen LogP contribution in [0.4, 0.5) is 4.39 Å². The highest BCUT2D eigenvalue weighted by atomic mass is 32.2. The van der Waals surface area contributed by atoms with Crippen LogP contribution in [0.2, 0.25) is 0 Å². The minimum Gasteiger partial charge on any atom is -0.379 e. The molecule has 1 aromatic carbocycles. The number of nitrogens with zero attached hydrogens (tertiary/aromatic N) is 3. The average molecular weight is 535 g/mol. The highest BCUT2D eigenvalue weighted by Crippen LogP contribution is 2.29. The van der Waals surface area contributed by atoms with Crippen LogP contribution in [0, 0.1) is 18.7 Å². The van der Waals surface area contributed by atoms with Crippen LogP contribution in [0.1, 0.15) is 43.2 Å². The zero-order valence-electron chi connectivity index (χ0n) is 21.4. The Morgan fingerprint density at radius 1 is 1.19 bits per heavy atom. The second-order valence-corrected chi connectivity index (χ2v) is 11.4. The third kappa shape index (κ3) is 6.64. The summed E-state index contributed by atoms with van der Waals surface area (Å²) < 4.78 is 53.0. The number of carbonyl (C=O) groups excluding carboxylic acids is 1. The van der Waals surface area contributed by atoms with Gasteiger partial charge in [0.1, 0.15) is 11.5 Å². The van der Waals surface area contributed by atoms with Gasteiger partial charge in [-0.05, 0) is 44.4 Å². The molecule has 1 aromatic heterocycles. The van der Waals surface area contributed by atoms with Crippen molar-refractivity contribution in [3.63, 3.8) is 0 Å². The Labute approximate surface area is 217 Å². The maximum Gasteiger partial charge on any atom is 0.248 e. The summed E-state index contributed by atoms with van der Waals surface area (Å²) in [6, 6.07) is 6.24. The van der Waals surface area contributed by atoms with E-state index in [0.29, 0.717) is 31.6 Å². The summed E-state index contributed by atoms with van der Waals surface area (Å²) in [6.07, 6.45) is 4.58. The fraction of sp³-hybridized carbons (Fsp3) is 0.538. The molecule has 0 aliphatic carbocycles. The number of hydrogen-bond donors (Lipinski definition) is 1. The first-order valence-corrected chi connectivity index (χ1v) is 14.2. The Balaban J connectivity index is 1.38. The zero-order valence-corrected chi connectivity index (χ0v) is 22.2. The summed E-state index contributed by atoms with van der Waals surface area (Å²) >= 11 is 0. The van der Waals surface area contributed by atoms with Crippen LogP contribution in [0.3, 0.4) is 0 Å². The maximum atomic E-state index is 14.0. The summed E-state index contributed by atoms with van der Waals surface area (Å²) in [5.74, 6) is -0.634. The molecule has 1 unspecified atom stereocenters. The van der Waals surface area contributed by atoms with E-state index < -0.39 is 15.8 Å². The van der Waals surface area contributed by atoms with Crippen molar-refractivity contribution in [3.8, 4) is 0 Å². The number of hydrogen-bond acceptors (Lipinski definition) is 7. The lowest BCUT2D eigenvalue weighted by atomic mass is 9.96. The number of carbonyl (C=O) groups is 1. The Kier molecular flexibility index (Phi) is 9.12. The van der Waals surface area contributed by atoms with Crippen LogP contribution < -0.4 is 5.32 Å². The molecular weight excluding hydrogens is 499 g/mol. The number of benzene rings is 1. The highest BCUT2D eigenvalue weighted by molar-refractivity contribution is 7.89. The van der Waals surface area contributed by atoms with Gasteiger partial charge in [0.05, 0.1) is 13.2 Å². The quantitative estimate of drug-likeness (QED) is 0.527. The van der Waals surface area contributed by atoms with E-state index in [0.717, 1.165) is 26.1 Å². The number of nitrogens with one attached hydrogen (secondary N) is 1. The number of aryl methyl sites for hydroxylation is 1. The van der Waals surface area contributed by atoms with E-state index in [1.807, 2.05) is 0 Å². The Hall–Kier alpha value is -2.60. The number of halogens is 1. The van der Waals surface area contributed by atoms with Crippen LogP contribution in [0.5, 0.6) is 0 Å². The number of piperidine rings is 1. The Morgan fingerprint density at radius 3 is 2.57 bits per heavy atom. The van der Waals surface area contributed by atoms with Crippen molar-refractivity contribution in [1.82, 2.24) is 19.7 Å². The number of aromatic nitrogens is 1. The van der Waals surface area contributed by atoms with Gasteiger partial charge in [0.25, 0.3) is 0 Å². The summed E-state index contributed by atoms with van der Waals surface area (Å²) in [5.41, 5.74) is 0.549. The lowest BCUT2D eigenvalue weighted by Gasteiger charge is -2.33. The Morgan fingerprint density at radius 2 is 1.89 bits per heavy atom. The molecule has 3 heterocycles. The van der Waals surface area contributed by atoms with Gasteiger partial charge in [0.15, 0.2) is 10.7 Å². The second-order valence-electron chi connectivity index (χ2n) is 9.52. The van der Waals surface area contributed by atoms with E-state index in [1.54, 1.807) is 25.1 Å². The molecule has 4 rings (SSSR count). The molecule has 0 spiro atoms. The largest absolute Gasteiger partial charge is 0.379 e. The number of rotatable bonds is 9. The molecule has 1 atom stereocenters. The first kappa shape index (κ1) is 27.4. The molecule has 37 heavy (non-hydrogen) atoms. The van der Waals surface area contributed by atoms with Gasteiger partial charge >= 0.3 is 0 Å². The third-order valence-electron chi connectivity index (χ3n) is 7.00. The molecule has 0 saturated carbocycles. The number of sulfonamides is 1. The van der Waals surface area contributed by atoms with Gasteiger partial charge < -0.3 is 14.6 Å². The monoisotopic (exact) mass is 534 g/mol. The maximum absolute atomic E-state index is 14.0.